The number of piperidine rings is 1. The fourth-order valence-corrected chi connectivity index (χ4v) is 1.91. The maximum Gasteiger partial charge on any atom is 0.0687 e. The molecule has 1 fully saturated rings. The third-order valence-electron chi connectivity index (χ3n) is 3.81. The number of ether oxygens (including phenoxy) is 1. The van der Waals surface area contributed by atoms with Crippen LogP contribution in [0, 0.1) is 16.7 Å². The summed E-state index contributed by atoms with van der Waals surface area (Å²) in [6.07, 6.45) is 3.04. The first-order chi connectivity index (χ1) is 7.41. The molecule has 0 amide bonds. The van der Waals surface area contributed by atoms with E-state index in [1.54, 1.807) is 7.11 Å². The van der Waals surface area contributed by atoms with Gasteiger partial charge in [-0.15, -0.1) is 0 Å². The molecule has 0 aromatic heterocycles. The molecule has 16 heavy (non-hydrogen) atoms. The number of nitrogens with zero attached hydrogens (tertiary/aromatic N) is 2. The van der Waals surface area contributed by atoms with E-state index < -0.39 is 0 Å². The molecule has 0 aromatic carbocycles. The lowest BCUT2D eigenvalue weighted by Crippen LogP contribution is -2.40. The highest BCUT2D eigenvalue weighted by Crippen LogP contribution is 2.30. The summed E-state index contributed by atoms with van der Waals surface area (Å²) in [5.74, 6) is 0. The molecular weight excluding hydrogens is 200 g/mol. The van der Waals surface area contributed by atoms with Gasteiger partial charge in [0.2, 0.25) is 0 Å². The molecule has 3 nitrogen and oxygen atoms in total. The zero-order valence-electron chi connectivity index (χ0n) is 11.0. The van der Waals surface area contributed by atoms with Crippen molar-refractivity contribution in [1.29, 1.82) is 5.26 Å². The molecule has 0 spiro atoms. The minimum atomic E-state index is -0.0900. The van der Waals surface area contributed by atoms with Crippen molar-refractivity contribution >= 4 is 0 Å². The first-order valence-electron chi connectivity index (χ1n) is 6.10. The van der Waals surface area contributed by atoms with E-state index in [2.05, 4.69) is 31.7 Å². The van der Waals surface area contributed by atoms with Crippen LogP contribution in [0.3, 0.4) is 0 Å². The Labute approximate surface area is 99.4 Å². The summed E-state index contributed by atoms with van der Waals surface area (Å²) in [6, 6.07) is 2.43. The van der Waals surface area contributed by atoms with Gasteiger partial charge >= 0.3 is 0 Å². The maximum absolute atomic E-state index is 9.05. The number of likely N-dealkylation sites (tertiary alicyclic amines) is 1. The highest BCUT2D eigenvalue weighted by molar-refractivity contribution is 4.98. The number of hydrogen-bond acceptors (Lipinski definition) is 3. The lowest BCUT2D eigenvalue weighted by Gasteiger charge is -2.36. The molecule has 92 valence electrons. The molecule has 0 aromatic rings. The molecule has 1 aliphatic rings. The van der Waals surface area contributed by atoms with E-state index in [1.165, 1.54) is 0 Å². The molecule has 0 saturated carbocycles. The van der Waals surface area contributed by atoms with Crippen molar-refractivity contribution in [1.82, 2.24) is 4.90 Å². The minimum Gasteiger partial charge on any atom is -0.379 e. The molecule has 0 unspecified atom stereocenters. The zero-order valence-corrected chi connectivity index (χ0v) is 11.0. The average molecular weight is 224 g/mol. The Hall–Kier alpha value is -0.590. The Morgan fingerprint density at radius 3 is 2.38 bits per heavy atom. The van der Waals surface area contributed by atoms with Gasteiger partial charge in [-0.3, -0.25) is 0 Å². The molecule has 1 heterocycles. The highest BCUT2D eigenvalue weighted by atomic mass is 16.5. The Kier molecular flexibility index (Phi) is 4.35. The number of hydrogen-bond donors (Lipinski definition) is 0. The van der Waals surface area contributed by atoms with Crippen LogP contribution in [0.25, 0.3) is 0 Å². The van der Waals surface area contributed by atoms with Gasteiger partial charge in [-0.25, -0.2) is 0 Å². The van der Waals surface area contributed by atoms with E-state index in [0.29, 0.717) is 0 Å². The third kappa shape index (κ3) is 3.77. The van der Waals surface area contributed by atoms with Crippen molar-refractivity contribution in [2.45, 2.75) is 45.6 Å². The van der Waals surface area contributed by atoms with E-state index in [4.69, 9.17) is 10.00 Å². The summed E-state index contributed by atoms with van der Waals surface area (Å²) < 4.78 is 5.41. The largest absolute Gasteiger partial charge is 0.379 e. The first-order valence-corrected chi connectivity index (χ1v) is 6.10. The van der Waals surface area contributed by atoms with Gasteiger partial charge < -0.3 is 9.64 Å². The number of rotatable bonds is 4. The molecule has 3 heteroatoms. The van der Waals surface area contributed by atoms with Crippen molar-refractivity contribution in [3.05, 3.63) is 0 Å². The topological polar surface area (TPSA) is 36.3 Å². The van der Waals surface area contributed by atoms with Gasteiger partial charge in [-0.2, -0.15) is 5.26 Å². The second-order valence-corrected chi connectivity index (χ2v) is 5.73. The number of nitriles is 1. The predicted octanol–water partition coefficient (Wildman–Crippen LogP) is 2.43. The summed E-state index contributed by atoms with van der Waals surface area (Å²) in [5, 5.41) is 9.05. The van der Waals surface area contributed by atoms with Gasteiger partial charge in [-0.1, -0.05) is 0 Å². The number of methoxy groups -OCH3 is 1. The summed E-state index contributed by atoms with van der Waals surface area (Å²) in [6.45, 7) is 9.48. The van der Waals surface area contributed by atoms with Gasteiger partial charge in [0, 0.05) is 13.7 Å². The molecule has 1 saturated heterocycles. The van der Waals surface area contributed by atoms with Gasteiger partial charge in [0.15, 0.2) is 0 Å². The van der Waals surface area contributed by atoms with E-state index >= 15 is 0 Å². The van der Waals surface area contributed by atoms with E-state index in [1.807, 2.05) is 0 Å². The van der Waals surface area contributed by atoms with Crippen LogP contribution in [-0.2, 0) is 4.74 Å². The molecule has 1 aliphatic heterocycles. The Balaban J connectivity index is 2.31. The van der Waals surface area contributed by atoms with Crippen LogP contribution < -0.4 is 0 Å². The SMILES string of the molecule is COC(C)(C)CCN1CCC(C)(C#N)CC1. The molecule has 0 bridgehead atoms. The molecule has 1 rings (SSSR count). The predicted molar refractivity (Wildman–Crippen MR) is 65.1 cm³/mol. The highest BCUT2D eigenvalue weighted by Gasteiger charge is 2.30. The van der Waals surface area contributed by atoms with Crippen molar-refractivity contribution in [3.8, 4) is 6.07 Å². The van der Waals surface area contributed by atoms with Crippen LogP contribution >= 0.6 is 0 Å². The first kappa shape index (κ1) is 13.5. The lowest BCUT2D eigenvalue weighted by atomic mass is 9.82. The normalized spacial score (nSPS) is 21.7. The average Bonchev–Trinajstić information content (AvgIpc) is 2.29. The van der Waals surface area contributed by atoms with Crippen LogP contribution in [0.5, 0.6) is 0 Å². The zero-order chi connectivity index (χ0) is 12.2. The summed E-state index contributed by atoms with van der Waals surface area (Å²) in [5.41, 5.74) is -0.122. The van der Waals surface area contributed by atoms with Crippen LogP contribution in [-0.4, -0.2) is 37.2 Å². The molecule has 0 aliphatic carbocycles. The van der Waals surface area contributed by atoms with Crippen LogP contribution in [0.4, 0.5) is 0 Å². The Bertz CT molecular complexity index is 260. The maximum atomic E-state index is 9.05. The second-order valence-electron chi connectivity index (χ2n) is 5.73. The third-order valence-corrected chi connectivity index (χ3v) is 3.81. The van der Waals surface area contributed by atoms with Gasteiger partial charge in [0.1, 0.15) is 0 Å². The standard InChI is InChI=1S/C13H24N2O/c1-12(2,16-4)5-8-15-9-6-13(3,11-14)7-10-15/h5-10H2,1-4H3. The smallest absolute Gasteiger partial charge is 0.0687 e. The minimum absolute atomic E-state index is 0.0318. The fraction of sp³-hybridized carbons (Fsp3) is 0.923. The Morgan fingerprint density at radius 1 is 1.38 bits per heavy atom. The van der Waals surface area contributed by atoms with Gasteiger partial charge in [-0.05, 0) is 53.1 Å². The second kappa shape index (κ2) is 5.16. The quantitative estimate of drug-likeness (QED) is 0.736. The van der Waals surface area contributed by atoms with Gasteiger partial charge in [0.05, 0.1) is 17.1 Å². The molecule has 0 radical (unpaired) electrons. The fourth-order valence-electron chi connectivity index (χ4n) is 1.91. The molecule has 0 N–H and O–H groups in total. The summed E-state index contributed by atoms with van der Waals surface area (Å²) in [4.78, 5) is 2.44. The van der Waals surface area contributed by atoms with Crippen molar-refractivity contribution in [3.63, 3.8) is 0 Å². The summed E-state index contributed by atoms with van der Waals surface area (Å²) >= 11 is 0. The van der Waals surface area contributed by atoms with Crippen LogP contribution in [0.1, 0.15) is 40.0 Å². The van der Waals surface area contributed by atoms with Crippen molar-refractivity contribution in [2.24, 2.45) is 5.41 Å². The van der Waals surface area contributed by atoms with Crippen molar-refractivity contribution in [2.75, 3.05) is 26.7 Å². The Morgan fingerprint density at radius 2 is 1.94 bits per heavy atom. The molecule has 0 atom stereocenters. The van der Waals surface area contributed by atoms with E-state index in [9.17, 15) is 0 Å². The molecular formula is C13H24N2O. The monoisotopic (exact) mass is 224 g/mol. The lowest BCUT2D eigenvalue weighted by molar-refractivity contribution is 0.00388. The van der Waals surface area contributed by atoms with E-state index in [0.717, 1.165) is 38.9 Å². The van der Waals surface area contributed by atoms with Crippen molar-refractivity contribution < 1.29 is 4.74 Å². The van der Waals surface area contributed by atoms with Crippen LogP contribution in [0.15, 0.2) is 0 Å². The van der Waals surface area contributed by atoms with E-state index in [-0.39, 0.29) is 11.0 Å². The van der Waals surface area contributed by atoms with Crippen LogP contribution in [0.2, 0.25) is 0 Å². The summed E-state index contributed by atoms with van der Waals surface area (Å²) in [7, 11) is 1.77. The van der Waals surface area contributed by atoms with Gasteiger partial charge in [0.25, 0.3) is 0 Å².